The smallest absolute Gasteiger partial charge is 0.319 e. The van der Waals surface area contributed by atoms with E-state index in [2.05, 4.69) is 10.6 Å². The molecule has 0 saturated carbocycles. The van der Waals surface area contributed by atoms with E-state index in [0.717, 1.165) is 11.3 Å². The maximum absolute atomic E-state index is 12.8. The van der Waals surface area contributed by atoms with Gasteiger partial charge in [-0.25, -0.2) is 9.18 Å². The minimum Gasteiger partial charge on any atom is -0.491 e. The van der Waals surface area contributed by atoms with E-state index < -0.39 is 0 Å². The Labute approximate surface area is 129 Å². The number of anilines is 1. The third-order valence-electron chi connectivity index (χ3n) is 2.85. The van der Waals surface area contributed by atoms with Gasteiger partial charge in [-0.3, -0.25) is 0 Å². The fourth-order valence-electron chi connectivity index (χ4n) is 1.85. The van der Waals surface area contributed by atoms with E-state index in [0.29, 0.717) is 12.2 Å². The summed E-state index contributed by atoms with van der Waals surface area (Å²) in [5.41, 5.74) is 1.50. The normalized spacial score (nSPS) is 10.4. The SMILES string of the molecule is CC(C)Oc1ccc(NC(=O)NCc2ccc(F)cc2)cc1. The molecule has 0 aliphatic carbocycles. The highest BCUT2D eigenvalue weighted by atomic mass is 19.1. The van der Waals surface area contributed by atoms with Crippen molar-refractivity contribution < 1.29 is 13.9 Å². The van der Waals surface area contributed by atoms with E-state index >= 15 is 0 Å². The summed E-state index contributed by atoms with van der Waals surface area (Å²) in [4.78, 5) is 11.8. The number of hydrogen-bond donors (Lipinski definition) is 2. The molecule has 2 rings (SSSR count). The highest BCUT2D eigenvalue weighted by Gasteiger charge is 2.03. The third kappa shape index (κ3) is 5.09. The van der Waals surface area contributed by atoms with Gasteiger partial charge in [0, 0.05) is 12.2 Å². The lowest BCUT2D eigenvalue weighted by Crippen LogP contribution is -2.28. The van der Waals surface area contributed by atoms with Crippen LogP contribution in [-0.2, 0) is 6.54 Å². The first-order valence-corrected chi connectivity index (χ1v) is 7.09. The molecule has 0 fully saturated rings. The summed E-state index contributed by atoms with van der Waals surface area (Å²) in [6.07, 6.45) is 0.109. The molecule has 0 aliphatic rings. The summed E-state index contributed by atoms with van der Waals surface area (Å²) in [7, 11) is 0. The molecule has 0 saturated heterocycles. The van der Waals surface area contributed by atoms with Crippen LogP contribution in [0.1, 0.15) is 19.4 Å². The zero-order valence-electron chi connectivity index (χ0n) is 12.6. The lowest BCUT2D eigenvalue weighted by atomic mass is 10.2. The molecule has 22 heavy (non-hydrogen) atoms. The molecule has 0 aliphatic heterocycles. The van der Waals surface area contributed by atoms with Crippen molar-refractivity contribution in [3.63, 3.8) is 0 Å². The van der Waals surface area contributed by atoms with Crippen LogP contribution in [-0.4, -0.2) is 12.1 Å². The fourth-order valence-corrected chi connectivity index (χ4v) is 1.85. The number of amides is 2. The number of halogens is 1. The van der Waals surface area contributed by atoms with Gasteiger partial charge in [0.15, 0.2) is 0 Å². The minimum absolute atomic E-state index is 0.109. The number of nitrogens with one attached hydrogen (secondary N) is 2. The molecule has 0 radical (unpaired) electrons. The first kappa shape index (κ1) is 15.8. The monoisotopic (exact) mass is 302 g/mol. The fraction of sp³-hybridized carbons (Fsp3) is 0.235. The maximum atomic E-state index is 12.8. The number of benzene rings is 2. The van der Waals surface area contributed by atoms with Gasteiger partial charge in [-0.2, -0.15) is 0 Å². The van der Waals surface area contributed by atoms with Gasteiger partial charge in [0.2, 0.25) is 0 Å². The highest BCUT2D eigenvalue weighted by molar-refractivity contribution is 5.89. The summed E-state index contributed by atoms with van der Waals surface area (Å²) in [5, 5.41) is 5.43. The van der Waals surface area contributed by atoms with Crippen LogP contribution in [0, 0.1) is 5.82 Å². The topological polar surface area (TPSA) is 50.4 Å². The average molecular weight is 302 g/mol. The largest absolute Gasteiger partial charge is 0.491 e. The van der Waals surface area contributed by atoms with Crippen molar-refractivity contribution in [2.45, 2.75) is 26.5 Å². The lowest BCUT2D eigenvalue weighted by Gasteiger charge is -2.11. The Kier molecular flexibility index (Phi) is 5.36. The highest BCUT2D eigenvalue weighted by Crippen LogP contribution is 2.16. The van der Waals surface area contributed by atoms with Gasteiger partial charge in [-0.05, 0) is 55.8 Å². The second kappa shape index (κ2) is 7.45. The molecular formula is C17H19FN2O2. The van der Waals surface area contributed by atoms with Crippen molar-refractivity contribution in [2.24, 2.45) is 0 Å². The van der Waals surface area contributed by atoms with Gasteiger partial charge in [0.05, 0.1) is 6.10 Å². The Morgan fingerprint density at radius 1 is 1.09 bits per heavy atom. The van der Waals surface area contributed by atoms with Crippen LogP contribution in [0.2, 0.25) is 0 Å². The van der Waals surface area contributed by atoms with Crippen LogP contribution < -0.4 is 15.4 Å². The summed E-state index contributed by atoms with van der Waals surface area (Å²) in [6, 6.07) is 12.8. The molecule has 0 unspecified atom stereocenters. The Morgan fingerprint density at radius 2 is 1.73 bits per heavy atom. The summed E-state index contributed by atoms with van der Waals surface area (Å²) >= 11 is 0. The second-order valence-corrected chi connectivity index (χ2v) is 5.13. The van der Waals surface area contributed by atoms with Crippen molar-refractivity contribution in [1.29, 1.82) is 0 Å². The van der Waals surface area contributed by atoms with Crippen molar-refractivity contribution in [1.82, 2.24) is 5.32 Å². The second-order valence-electron chi connectivity index (χ2n) is 5.13. The molecule has 5 heteroatoms. The van der Waals surface area contributed by atoms with Gasteiger partial charge in [-0.1, -0.05) is 12.1 Å². The average Bonchev–Trinajstić information content (AvgIpc) is 2.48. The van der Waals surface area contributed by atoms with E-state index in [4.69, 9.17) is 4.74 Å². The predicted octanol–water partition coefficient (Wildman–Crippen LogP) is 3.93. The van der Waals surface area contributed by atoms with Crippen molar-refractivity contribution >= 4 is 11.7 Å². The number of carbonyl (C=O) groups is 1. The Bertz CT molecular complexity index is 610. The molecule has 2 aromatic carbocycles. The Balaban J connectivity index is 1.82. The van der Waals surface area contributed by atoms with Gasteiger partial charge in [0.25, 0.3) is 0 Å². The molecule has 2 aromatic rings. The van der Waals surface area contributed by atoms with Crippen LogP contribution in [0.4, 0.5) is 14.9 Å². The molecule has 0 spiro atoms. The first-order valence-electron chi connectivity index (χ1n) is 7.09. The maximum Gasteiger partial charge on any atom is 0.319 e. The van der Waals surface area contributed by atoms with E-state index in [-0.39, 0.29) is 18.0 Å². The Hall–Kier alpha value is -2.56. The van der Waals surface area contributed by atoms with E-state index in [1.54, 1.807) is 36.4 Å². The van der Waals surface area contributed by atoms with Crippen LogP contribution in [0.3, 0.4) is 0 Å². The van der Waals surface area contributed by atoms with Gasteiger partial charge >= 0.3 is 6.03 Å². The van der Waals surface area contributed by atoms with E-state index in [9.17, 15) is 9.18 Å². The van der Waals surface area contributed by atoms with E-state index in [1.807, 2.05) is 13.8 Å². The number of urea groups is 1. The molecule has 0 atom stereocenters. The van der Waals surface area contributed by atoms with Gasteiger partial charge in [-0.15, -0.1) is 0 Å². The first-order chi connectivity index (χ1) is 10.5. The molecular weight excluding hydrogens is 283 g/mol. The van der Waals surface area contributed by atoms with Gasteiger partial charge < -0.3 is 15.4 Å². The molecule has 0 heterocycles. The van der Waals surface area contributed by atoms with E-state index in [1.165, 1.54) is 12.1 Å². The number of hydrogen-bond acceptors (Lipinski definition) is 2. The van der Waals surface area contributed by atoms with Crippen molar-refractivity contribution in [2.75, 3.05) is 5.32 Å². The zero-order chi connectivity index (χ0) is 15.9. The predicted molar refractivity (Wildman–Crippen MR) is 84.5 cm³/mol. The lowest BCUT2D eigenvalue weighted by molar-refractivity contribution is 0.242. The van der Waals surface area contributed by atoms with Crippen LogP contribution in [0.15, 0.2) is 48.5 Å². The van der Waals surface area contributed by atoms with Crippen LogP contribution in [0.5, 0.6) is 5.75 Å². The quantitative estimate of drug-likeness (QED) is 0.879. The zero-order valence-corrected chi connectivity index (χ0v) is 12.6. The molecule has 116 valence electrons. The Morgan fingerprint density at radius 3 is 2.32 bits per heavy atom. The van der Waals surface area contributed by atoms with Crippen molar-refractivity contribution in [3.05, 3.63) is 59.9 Å². The molecule has 2 N–H and O–H groups in total. The van der Waals surface area contributed by atoms with Crippen LogP contribution >= 0.6 is 0 Å². The summed E-state index contributed by atoms with van der Waals surface area (Å²) in [5.74, 6) is 0.462. The van der Waals surface area contributed by atoms with Gasteiger partial charge in [0.1, 0.15) is 11.6 Å². The van der Waals surface area contributed by atoms with Crippen LogP contribution in [0.25, 0.3) is 0 Å². The van der Waals surface area contributed by atoms with Crippen molar-refractivity contribution in [3.8, 4) is 5.75 Å². The number of ether oxygens (including phenoxy) is 1. The number of rotatable bonds is 5. The standard InChI is InChI=1S/C17H19FN2O2/c1-12(2)22-16-9-7-15(8-10-16)20-17(21)19-11-13-3-5-14(18)6-4-13/h3-10,12H,11H2,1-2H3,(H2,19,20,21). The molecule has 0 aromatic heterocycles. The molecule has 2 amide bonds. The summed E-state index contributed by atoms with van der Waals surface area (Å²) < 4.78 is 18.3. The molecule has 0 bridgehead atoms. The molecule has 4 nitrogen and oxygen atoms in total. The number of carbonyl (C=O) groups excluding carboxylic acids is 1. The summed E-state index contributed by atoms with van der Waals surface area (Å²) in [6.45, 7) is 4.24. The third-order valence-corrected chi connectivity index (χ3v) is 2.85. The minimum atomic E-state index is -0.318.